The van der Waals surface area contributed by atoms with Gasteiger partial charge in [0.15, 0.2) is 5.78 Å². The van der Waals surface area contributed by atoms with Gasteiger partial charge >= 0.3 is 5.97 Å². The molecule has 0 amide bonds. The van der Waals surface area contributed by atoms with Gasteiger partial charge in [-0.3, -0.25) is 9.59 Å². The summed E-state index contributed by atoms with van der Waals surface area (Å²) in [4.78, 5) is 22.5. The second kappa shape index (κ2) is 6.33. The van der Waals surface area contributed by atoms with Crippen LogP contribution in [0.4, 0.5) is 0 Å². The Morgan fingerprint density at radius 2 is 1.88 bits per heavy atom. The molecule has 1 rings (SSSR count). The van der Waals surface area contributed by atoms with Crippen LogP contribution < -0.4 is 4.74 Å². The molecule has 0 saturated carbocycles. The fraction of sp³-hybridized carbons (Fsp3) is 0.333. The van der Waals surface area contributed by atoms with E-state index in [2.05, 4.69) is 0 Å². The molecule has 1 aromatic rings. The Kier molecular flexibility index (Phi) is 5.05. The van der Waals surface area contributed by atoms with Gasteiger partial charge in [-0.05, 0) is 30.5 Å². The monoisotopic (exact) mass is 238 g/mol. The van der Waals surface area contributed by atoms with Crippen LogP contribution in [0.3, 0.4) is 0 Å². The van der Waals surface area contributed by atoms with Gasteiger partial charge in [0, 0.05) is 12.0 Å². The molecule has 0 aliphatic rings. The zero-order valence-corrected chi connectivity index (χ0v) is 10.2. The number of carbonyl (C=O) groups is 2. The highest BCUT2D eigenvalue weighted by Crippen LogP contribution is 2.14. The van der Waals surface area contributed by atoms with Crippen LogP contribution in [-0.2, 0) is 4.79 Å². The van der Waals surface area contributed by atoms with E-state index in [0.29, 0.717) is 23.5 Å². The van der Waals surface area contributed by atoms with Crippen LogP contribution in [0.5, 0.6) is 5.75 Å². The Bertz CT molecular complexity index is 370. The number of Topliss-reactive ketones (excluding diaryl/α,β-unsaturated/α-hetero) is 1. The molecule has 4 heteroatoms. The van der Waals surface area contributed by atoms with Crippen molar-refractivity contribution in [3.05, 3.63) is 29.8 Å². The number of ketones is 1. The lowest BCUT2D eigenvalue weighted by molar-refractivity contribution is -0.131. The molecule has 0 aliphatic heterocycles. The summed E-state index contributed by atoms with van der Waals surface area (Å²) in [5.74, 6) is 0.617. The molecule has 0 aliphatic carbocycles. The molecular weight excluding hydrogens is 224 g/mol. The first kappa shape index (κ1) is 12.8. The fourth-order valence-corrected chi connectivity index (χ4v) is 1.49. The Morgan fingerprint density at radius 3 is 2.38 bits per heavy atom. The standard InChI is InChI=1S/C12H14O3S/c1-3-11(13)9-4-6-10(7-5-9)15-12(14)8-16-2/h4-7H,3,8H2,1-2H3. The maximum Gasteiger partial charge on any atom is 0.321 e. The van der Waals surface area contributed by atoms with Crippen LogP contribution in [0.25, 0.3) is 0 Å². The van der Waals surface area contributed by atoms with Crippen molar-refractivity contribution in [2.24, 2.45) is 0 Å². The van der Waals surface area contributed by atoms with Crippen LogP contribution >= 0.6 is 11.8 Å². The van der Waals surface area contributed by atoms with Crippen LogP contribution in [0.15, 0.2) is 24.3 Å². The van der Waals surface area contributed by atoms with E-state index in [1.54, 1.807) is 24.3 Å². The van der Waals surface area contributed by atoms with Gasteiger partial charge < -0.3 is 4.74 Å². The number of ether oxygens (including phenoxy) is 1. The van der Waals surface area contributed by atoms with Crippen molar-refractivity contribution in [1.29, 1.82) is 0 Å². The van der Waals surface area contributed by atoms with Crippen LogP contribution in [-0.4, -0.2) is 23.8 Å². The normalized spacial score (nSPS) is 9.88. The molecule has 0 spiro atoms. The van der Waals surface area contributed by atoms with E-state index in [1.165, 1.54) is 11.8 Å². The zero-order valence-electron chi connectivity index (χ0n) is 9.36. The highest BCUT2D eigenvalue weighted by Gasteiger charge is 2.05. The van der Waals surface area contributed by atoms with E-state index in [0.717, 1.165) is 0 Å². The third kappa shape index (κ3) is 3.70. The molecule has 0 N–H and O–H groups in total. The predicted octanol–water partition coefficient (Wildman–Crippen LogP) is 2.55. The zero-order chi connectivity index (χ0) is 12.0. The van der Waals surface area contributed by atoms with Crippen molar-refractivity contribution < 1.29 is 14.3 Å². The first-order valence-corrected chi connectivity index (χ1v) is 6.39. The van der Waals surface area contributed by atoms with E-state index < -0.39 is 0 Å². The van der Waals surface area contributed by atoms with Crippen molar-refractivity contribution in [2.75, 3.05) is 12.0 Å². The second-order valence-electron chi connectivity index (χ2n) is 3.21. The number of hydrogen-bond acceptors (Lipinski definition) is 4. The molecule has 0 fully saturated rings. The van der Waals surface area contributed by atoms with Gasteiger partial charge in [-0.1, -0.05) is 6.92 Å². The molecule has 16 heavy (non-hydrogen) atoms. The molecule has 0 bridgehead atoms. The maximum absolute atomic E-state index is 11.3. The molecule has 0 heterocycles. The average Bonchev–Trinajstić information content (AvgIpc) is 2.29. The van der Waals surface area contributed by atoms with Gasteiger partial charge in [0.25, 0.3) is 0 Å². The smallest absolute Gasteiger partial charge is 0.321 e. The lowest BCUT2D eigenvalue weighted by atomic mass is 10.1. The van der Waals surface area contributed by atoms with Crippen molar-refractivity contribution >= 4 is 23.5 Å². The summed E-state index contributed by atoms with van der Waals surface area (Å²) in [7, 11) is 0. The Morgan fingerprint density at radius 1 is 1.25 bits per heavy atom. The number of esters is 1. The van der Waals surface area contributed by atoms with E-state index in [9.17, 15) is 9.59 Å². The molecule has 0 unspecified atom stereocenters. The lowest BCUT2D eigenvalue weighted by Crippen LogP contribution is -2.10. The summed E-state index contributed by atoms with van der Waals surface area (Å²) in [5.41, 5.74) is 0.646. The SMILES string of the molecule is CCC(=O)c1ccc(OC(=O)CSC)cc1. The van der Waals surface area contributed by atoms with Crippen molar-refractivity contribution in [2.45, 2.75) is 13.3 Å². The highest BCUT2D eigenvalue weighted by molar-refractivity contribution is 7.99. The predicted molar refractivity (Wildman–Crippen MR) is 65.1 cm³/mol. The van der Waals surface area contributed by atoms with Gasteiger partial charge in [0.05, 0.1) is 5.75 Å². The first-order valence-electron chi connectivity index (χ1n) is 5.00. The summed E-state index contributed by atoms with van der Waals surface area (Å²) in [6.07, 6.45) is 2.32. The van der Waals surface area contributed by atoms with Gasteiger partial charge in [-0.25, -0.2) is 0 Å². The number of benzene rings is 1. The lowest BCUT2D eigenvalue weighted by Gasteiger charge is -2.03. The summed E-state index contributed by atoms with van der Waals surface area (Å²) < 4.78 is 5.05. The van der Waals surface area contributed by atoms with Crippen molar-refractivity contribution in [3.8, 4) is 5.75 Å². The molecule has 1 aromatic carbocycles. The quantitative estimate of drug-likeness (QED) is 0.449. The highest BCUT2D eigenvalue weighted by atomic mass is 32.2. The number of hydrogen-bond donors (Lipinski definition) is 0. The third-order valence-corrected chi connectivity index (χ3v) is 2.52. The van der Waals surface area contributed by atoms with Crippen molar-refractivity contribution in [1.82, 2.24) is 0 Å². The number of thioether (sulfide) groups is 1. The average molecular weight is 238 g/mol. The minimum atomic E-state index is -0.276. The van der Waals surface area contributed by atoms with Gasteiger partial charge in [-0.15, -0.1) is 0 Å². The molecule has 0 aromatic heterocycles. The molecule has 3 nitrogen and oxygen atoms in total. The summed E-state index contributed by atoms with van der Waals surface area (Å²) in [6.45, 7) is 1.81. The molecule has 86 valence electrons. The maximum atomic E-state index is 11.3. The minimum absolute atomic E-state index is 0.0852. The fourth-order valence-electron chi connectivity index (χ4n) is 1.19. The van der Waals surface area contributed by atoms with E-state index >= 15 is 0 Å². The van der Waals surface area contributed by atoms with Gasteiger partial charge in [0.1, 0.15) is 5.75 Å². The molecule has 0 radical (unpaired) electrons. The van der Waals surface area contributed by atoms with Crippen molar-refractivity contribution in [3.63, 3.8) is 0 Å². The Hall–Kier alpha value is -1.29. The van der Waals surface area contributed by atoms with Crippen LogP contribution in [0, 0.1) is 0 Å². The Labute approximate surface area is 99.2 Å². The second-order valence-corrected chi connectivity index (χ2v) is 4.07. The van der Waals surface area contributed by atoms with Gasteiger partial charge in [0.2, 0.25) is 0 Å². The summed E-state index contributed by atoms with van der Waals surface area (Å²) >= 11 is 1.41. The van der Waals surface area contributed by atoms with E-state index in [1.807, 2.05) is 13.2 Å². The number of rotatable bonds is 5. The molecule has 0 atom stereocenters. The molecule has 0 saturated heterocycles. The van der Waals surface area contributed by atoms with E-state index in [4.69, 9.17) is 4.74 Å². The Balaban J connectivity index is 2.64. The first-order chi connectivity index (χ1) is 7.67. The largest absolute Gasteiger partial charge is 0.426 e. The molecular formula is C12H14O3S. The van der Waals surface area contributed by atoms with E-state index in [-0.39, 0.29) is 11.8 Å². The number of carbonyl (C=O) groups excluding carboxylic acids is 2. The third-order valence-electron chi connectivity index (χ3n) is 1.99. The van der Waals surface area contributed by atoms with Crippen LogP contribution in [0.2, 0.25) is 0 Å². The topological polar surface area (TPSA) is 43.4 Å². The summed E-state index contributed by atoms with van der Waals surface area (Å²) in [5, 5.41) is 0. The van der Waals surface area contributed by atoms with Crippen LogP contribution in [0.1, 0.15) is 23.7 Å². The van der Waals surface area contributed by atoms with Gasteiger partial charge in [-0.2, -0.15) is 11.8 Å². The minimum Gasteiger partial charge on any atom is -0.426 e. The summed E-state index contributed by atoms with van der Waals surface area (Å²) in [6, 6.07) is 6.63.